The molecule has 0 aromatic carbocycles. The first-order chi connectivity index (χ1) is 4.18. The Morgan fingerprint density at radius 3 is 2.11 bits per heavy atom. The normalized spacial score (nSPS) is 39.0. The third-order valence-electron chi connectivity index (χ3n) is 1.50. The van der Waals surface area contributed by atoms with Gasteiger partial charge in [0.1, 0.15) is 0 Å². The smallest absolute Gasteiger partial charge is 0.0654 e. The predicted octanol–water partition coefficient (Wildman–Crippen LogP) is 0.887. The maximum Gasteiger partial charge on any atom is 0.0654 e. The van der Waals surface area contributed by atoms with Crippen molar-refractivity contribution in [3.63, 3.8) is 0 Å². The van der Waals surface area contributed by atoms with E-state index < -0.39 is 0 Å². The monoisotopic (exact) mass is 128 g/mol. The van der Waals surface area contributed by atoms with E-state index in [2.05, 4.69) is 25.8 Å². The highest BCUT2D eigenvalue weighted by molar-refractivity contribution is 4.71. The number of hydrogen-bond acceptors (Lipinski definition) is 2. The highest BCUT2D eigenvalue weighted by atomic mass is 16.5. The lowest BCUT2D eigenvalue weighted by Gasteiger charge is -2.37. The van der Waals surface area contributed by atoms with Gasteiger partial charge in [0.2, 0.25) is 0 Å². The van der Waals surface area contributed by atoms with Gasteiger partial charge >= 0.3 is 0 Å². The first-order valence-corrected chi connectivity index (χ1v) is 3.39. The van der Waals surface area contributed by atoms with Crippen molar-refractivity contribution >= 4 is 0 Å². The van der Waals surface area contributed by atoms with Crippen molar-refractivity contribution < 1.29 is 4.74 Å². The molecule has 2 heteroatoms. The van der Waals surface area contributed by atoms with Crippen LogP contribution in [0.1, 0.15) is 13.8 Å². The lowest BCUT2D eigenvalue weighted by Crippen LogP contribution is -2.41. The van der Waals surface area contributed by atoms with Crippen LogP contribution in [0.5, 0.6) is 0 Å². The summed E-state index contributed by atoms with van der Waals surface area (Å²) >= 11 is 0. The van der Waals surface area contributed by atoms with Gasteiger partial charge in [-0.1, -0.05) is 0 Å². The molecule has 1 saturated heterocycles. The van der Waals surface area contributed by atoms with E-state index in [1.165, 1.54) is 0 Å². The number of hydrogen-bond donors (Lipinski definition) is 0. The van der Waals surface area contributed by atoms with E-state index in [0.29, 0.717) is 12.2 Å². The summed E-state index contributed by atoms with van der Waals surface area (Å²) < 4.78 is 5.47. The minimum Gasteiger partial charge on any atom is -0.455 e. The Labute approximate surface area is 56.8 Å². The second kappa shape index (κ2) is 2.67. The van der Waals surface area contributed by atoms with Crippen molar-refractivity contribution in [3.8, 4) is 0 Å². The van der Waals surface area contributed by atoms with E-state index >= 15 is 0 Å². The lowest BCUT2D eigenvalue weighted by molar-refractivity contribution is -0.0550. The zero-order valence-electron chi connectivity index (χ0n) is 6.13. The number of rotatable bonds is 0. The Morgan fingerprint density at radius 2 is 1.78 bits per heavy atom. The van der Waals surface area contributed by atoms with E-state index in [9.17, 15) is 0 Å². The van der Waals surface area contributed by atoms with Crippen LogP contribution >= 0.6 is 0 Å². The van der Waals surface area contributed by atoms with Crippen LogP contribution in [-0.4, -0.2) is 30.2 Å². The summed E-state index contributed by atoms with van der Waals surface area (Å²) in [7, 11) is 3.85. The van der Waals surface area contributed by atoms with Gasteiger partial charge < -0.3 is 9.64 Å². The van der Waals surface area contributed by atoms with Crippen LogP contribution in [0.3, 0.4) is 0 Å². The molecule has 2 atom stereocenters. The van der Waals surface area contributed by atoms with Crippen molar-refractivity contribution in [2.75, 3.05) is 13.1 Å². The summed E-state index contributed by atoms with van der Waals surface area (Å²) in [5.41, 5.74) is 0. The van der Waals surface area contributed by atoms with Crippen molar-refractivity contribution in [3.05, 3.63) is 7.05 Å². The van der Waals surface area contributed by atoms with Gasteiger partial charge in [-0.2, -0.15) is 0 Å². The number of ether oxygens (including phenoxy) is 1. The fraction of sp³-hybridized carbons (Fsp3) is 0.857. The van der Waals surface area contributed by atoms with Crippen molar-refractivity contribution in [1.29, 1.82) is 0 Å². The zero-order chi connectivity index (χ0) is 6.85. The topological polar surface area (TPSA) is 12.5 Å². The number of nitrogens with zero attached hydrogens (tertiary/aromatic N) is 1. The van der Waals surface area contributed by atoms with Crippen molar-refractivity contribution in [1.82, 2.24) is 4.90 Å². The fourth-order valence-electron chi connectivity index (χ4n) is 1.28. The third kappa shape index (κ3) is 1.95. The fourth-order valence-corrected chi connectivity index (χ4v) is 1.28. The maximum atomic E-state index is 5.47. The van der Waals surface area contributed by atoms with E-state index in [4.69, 9.17) is 4.74 Å². The molecular formula is C7H14NO-. The quantitative estimate of drug-likeness (QED) is 0.449. The van der Waals surface area contributed by atoms with Gasteiger partial charge in [-0.3, -0.25) is 7.05 Å². The average Bonchev–Trinajstić information content (AvgIpc) is 1.59. The van der Waals surface area contributed by atoms with Crippen LogP contribution < -0.4 is 0 Å². The molecule has 0 spiro atoms. The summed E-state index contributed by atoms with van der Waals surface area (Å²) in [6.45, 7) is 6.08. The van der Waals surface area contributed by atoms with Gasteiger partial charge in [-0.05, 0) is 26.9 Å². The van der Waals surface area contributed by atoms with E-state index in [-0.39, 0.29) is 0 Å². The summed E-state index contributed by atoms with van der Waals surface area (Å²) in [6, 6.07) is 0. The van der Waals surface area contributed by atoms with Gasteiger partial charge in [-0.25, -0.2) is 0 Å². The summed E-state index contributed by atoms with van der Waals surface area (Å²) in [4.78, 5) is 2.05. The molecule has 1 heterocycles. The molecule has 2 unspecified atom stereocenters. The number of morpholine rings is 1. The molecule has 0 aromatic rings. The molecule has 9 heavy (non-hydrogen) atoms. The second-order valence-corrected chi connectivity index (χ2v) is 2.79. The van der Waals surface area contributed by atoms with Crippen molar-refractivity contribution in [2.45, 2.75) is 26.1 Å². The molecular weight excluding hydrogens is 114 g/mol. The molecule has 0 aliphatic carbocycles. The van der Waals surface area contributed by atoms with Gasteiger partial charge in [-0.15, -0.1) is 0 Å². The molecule has 0 bridgehead atoms. The van der Waals surface area contributed by atoms with Crippen molar-refractivity contribution in [2.24, 2.45) is 0 Å². The molecule has 1 fully saturated rings. The molecule has 0 amide bonds. The summed E-state index contributed by atoms with van der Waals surface area (Å²) in [5, 5.41) is 0. The Bertz CT molecular complexity index is 69.9. The van der Waals surface area contributed by atoms with Gasteiger partial charge in [0.25, 0.3) is 0 Å². The van der Waals surface area contributed by atoms with E-state index in [1.54, 1.807) is 0 Å². The Kier molecular flexibility index (Phi) is 2.09. The van der Waals surface area contributed by atoms with Gasteiger partial charge in [0.05, 0.1) is 12.2 Å². The largest absolute Gasteiger partial charge is 0.455 e. The molecule has 0 N–H and O–H groups in total. The predicted molar refractivity (Wildman–Crippen MR) is 36.9 cm³/mol. The van der Waals surface area contributed by atoms with E-state index in [0.717, 1.165) is 13.1 Å². The first-order valence-electron chi connectivity index (χ1n) is 3.39. The van der Waals surface area contributed by atoms with Gasteiger partial charge in [0.15, 0.2) is 0 Å². The maximum absolute atomic E-state index is 5.47. The third-order valence-corrected chi connectivity index (χ3v) is 1.50. The van der Waals surface area contributed by atoms with Crippen LogP contribution in [0.25, 0.3) is 0 Å². The molecule has 0 saturated carbocycles. The first kappa shape index (κ1) is 7.03. The molecule has 2 nitrogen and oxygen atoms in total. The highest BCUT2D eigenvalue weighted by Gasteiger charge is 2.14. The molecule has 0 aromatic heterocycles. The van der Waals surface area contributed by atoms with Crippen LogP contribution in [-0.2, 0) is 4.74 Å². The second-order valence-electron chi connectivity index (χ2n) is 2.79. The zero-order valence-corrected chi connectivity index (χ0v) is 6.13. The standard InChI is InChI=1S/C7H14NO/c1-6-4-8(3)5-7(2)9-6/h6-7H,3-5H2,1-2H3/q-1. The van der Waals surface area contributed by atoms with Crippen LogP contribution in [0.15, 0.2) is 0 Å². The van der Waals surface area contributed by atoms with Gasteiger partial charge in [0, 0.05) is 0 Å². The average molecular weight is 128 g/mol. The minimum absolute atomic E-state index is 0.353. The molecule has 0 radical (unpaired) electrons. The van der Waals surface area contributed by atoms with Crippen LogP contribution in [0.4, 0.5) is 0 Å². The molecule has 54 valence electrons. The molecule has 1 aliphatic heterocycles. The van der Waals surface area contributed by atoms with Crippen LogP contribution in [0.2, 0.25) is 0 Å². The van der Waals surface area contributed by atoms with E-state index in [1.807, 2.05) is 0 Å². The van der Waals surface area contributed by atoms with Crippen LogP contribution in [0, 0.1) is 7.05 Å². The Hall–Kier alpha value is -0.0800. The summed E-state index contributed by atoms with van der Waals surface area (Å²) in [6.07, 6.45) is 0.706. The molecule has 1 rings (SSSR count). The minimum atomic E-state index is 0.353. The summed E-state index contributed by atoms with van der Waals surface area (Å²) in [5.74, 6) is 0. The SMILES string of the molecule is [CH2-]N1CC(C)OC(C)C1. The Morgan fingerprint density at radius 1 is 1.33 bits per heavy atom. The lowest BCUT2D eigenvalue weighted by atomic mass is 10.2. The highest BCUT2D eigenvalue weighted by Crippen LogP contribution is 2.08. The molecule has 1 aliphatic rings. The Balaban J connectivity index is 2.34.